The Morgan fingerprint density at radius 1 is 1.54 bits per heavy atom. The summed E-state index contributed by atoms with van der Waals surface area (Å²) in [6, 6.07) is 0.495. The van der Waals surface area contributed by atoms with Crippen LogP contribution in [0.25, 0.3) is 0 Å². The lowest BCUT2D eigenvalue weighted by molar-refractivity contribution is -0.912. The number of rotatable bonds is 4. The summed E-state index contributed by atoms with van der Waals surface area (Å²) in [4.78, 5) is 10.8. The highest BCUT2D eigenvalue weighted by Gasteiger charge is 2.19. The molecule has 0 aliphatic heterocycles. The summed E-state index contributed by atoms with van der Waals surface area (Å²) in [5.41, 5.74) is 0. The average Bonchev–Trinajstić information content (AvgIpc) is 2.00. The fraction of sp³-hybridized carbons (Fsp3) is 0.667. The Labute approximate surface area is 86.8 Å². The van der Waals surface area contributed by atoms with Gasteiger partial charge < -0.3 is 22.2 Å². The van der Waals surface area contributed by atoms with E-state index in [0.29, 0.717) is 12.7 Å². The molecule has 0 saturated heterocycles. The van der Waals surface area contributed by atoms with E-state index in [0.717, 1.165) is 4.48 Å². The molecule has 0 rings (SSSR count). The molecule has 0 aliphatic carbocycles. The monoisotopic (exact) mass is 206 g/mol. The summed E-state index contributed by atoms with van der Waals surface area (Å²) >= 11 is 0. The molecule has 1 N–H and O–H groups in total. The van der Waals surface area contributed by atoms with Crippen LogP contribution in [0.3, 0.4) is 0 Å². The first kappa shape index (κ1) is 15.0. The van der Waals surface area contributed by atoms with Crippen molar-refractivity contribution in [1.82, 2.24) is 5.32 Å². The standard InChI is InChI=1S/C9H18N2O.ClH/c1-6-9(12)10-7-11(4,5)8(2)3;/h6,8H,1,7H2,2-5H3;1H. The molecule has 0 aliphatic rings. The predicted octanol–water partition coefficient (Wildman–Crippen LogP) is -2.27. The van der Waals surface area contributed by atoms with E-state index >= 15 is 0 Å². The fourth-order valence-electron chi connectivity index (χ4n) is 0.536. The SMILES string of the molecule is C=CC(=O)NC[N+](C)(C)C(C)C.[Cl-]. The van der Waals surface area contributed by atoms with E-state index in [2.05, 4.69) is 39.8 Å². The minimum absolute atomic E-state index is 0. The van der Waals surface area contributed by atoms with E-state index in [-0.39, 0.29) is 18.3 Å². The third kappa shape index (κ3) is 5.66. The third-order valence-corrected chi connectivity index (χ3v) is 2.24. The van der Waals surface area contributed by atoms with Gasteiger partial charge in [0, 0.05) is 0 Å². The van der Waals surface area contributed by atoms with Crippen LogP contribution in [0.2, 0.25) is 0 Å². The van der Waals surface area contributed by atoms with Crippen molar-refractivity contribution >= 4 is 5.91 Å². The lowest BCUT2D eigenvalue weighted by atomic mass is 10.3. The van der Waals surface area contributed by atoms with E-state index in [1.807, 2.05) is 0 Å². The number of nitrogens with zero attached hydrogens (tertiary/aromatic N) is 1. The summed E-state index contributed by atoms with van der Waals surface area (Å²) in [6.07, 6.45) is 1.29. The Morgan fingerprint density at radius 2 is 2.00 bits per heavy atom. The van der Waals surface area contributed by atoms with Gasteiger partial charge in [-0.2, -0.15) is 0 Å². The van der Waals surface area contributed by atoms with Crippen LogP contribution in [-0.2, 0) is 4.79 Å². The van der Waals surface area contributed by atoms with Crippen LogP contribution in [0.1, 0.15) is 13.8 Å². The zero-order valence-electron chi connectivity index (χ0n) is 8.80. The van der Waals surface area contributed by atoms with E-state index in [1.165, 1.54) is 6.08 Å². The van der Waals surface area contributed by atoms with Gasteiger partial charge in [0.1, 0.15) is 0 Å². The molecule has 78 valence electrons. The molecule has 0 saturated carbocycles. The Bertz CT molecular complexity index is 178. The number of hydrogen-bond donors (Lipinski definition) is 1. The molecule has 0 aromatic heterocycles. The lowest BCUT2D eigenvalue weighted by Gasteiger charge is -2.33. The molecule has 0 radical (unpaired) electrons. The Balaban J connectivity index is 0. The van der Waals surface area contributed by atoms with Gasteiger partial charge in [0.15, 0.2) is 6.67 Å². The van der Waals surface area contributed by atoms with Gasteiger partial charge in [-0.3, -0.25) is 4.79 Å². The van der Waals surface area contributed by atoms with Gasteiger partial charge in [0.25, 0.3) is 0 Å². The highest BCUT2D eigenvalue weighted by atomic mass is 35.5. The van der Waals surface area contributed by atoms with Crippen molar-refractivity contribution in [2.45, 2.75) is 19.9 Å². The van der Waals surface area contributed by atoms with Crippen LogP contribution < -0.4 is 17.7 Å². The number of amides is 1. The molecule has 0 aromatic carbocycles. The first-order chi connectivity index (χ1) is 5.40. The molecule has 0 fully saturated rings. The molecule has 0 spiro atoms. The molecule has 0 heterocycles. The van der Waals surface area contributed by atoms with E-state index in [4.69, 9.17) is 0 Å². The number of carbonyl (C=O) groups is 1. The van der Waals surface area contributed by atoms with Crippen LogP contribution >= 0.6 is 0 Å². The number of carbonyl (C=O) groups excluding carboxylic acids is 1. The maximum atomic E-state index is 10.8. The second-order valence-corrected chi connectivity index (χ2v) is 3.78. The van der Waals surface area contributed by atoms with E-state index in [9.17, 15) is 4.79 Å². The van der Waals surface area contributed by atoms with Crippen molar-refractivity contribution in [2.75, 3.05) is 20.8 Å². The minimum atomic E-state index is -0.109. The summed E-state index contributed by atoms with van der Waals surface area (Å²) < 4.78 is 0.777. The predicted molar refractivity (Wildman–Crippen MR) is 50.5 cm³/mol. The maximum Gasteiger partial charge on any atom is 0.247 e. The Hall–Kier alpha value is -0.540. The highest BCUT2D eigenvalue weighted by Crippen LogP contribution is 2.02. The van der Waals surface area contributed by atoms with Crippen molar-refractivity contribution in [3.05, 3.63) is 12.7 Å². The van der Waals surface area contributed by atoms with Crippen LogP contribution in [0.15, 0.2) is 12.7 Å². The van der Waals surface area contributed by atoms with Gasteiger partial charge in [-0.15, -0.1) is 0 Å². The molecular formula is C9H19ClN2O. The molecule has 0 unspecified atom stereocenters. The number of quaternary nitrogens is 1. The number of halogens is 1. The molecule has 4 heteroatoms. The molecular weight excluding hydrogens is 188 g/mol. The lowest BCUT2D eigenvalue weighted by Crippen LogP contribution is -3.00. The molecule has 3 nitrogen and oxygen atoms in total. The highest BCUT2D eigenvalue weighted by molar-refractivity contribution is 5.86. The van der Waals surface area contributed by atoms with Gasteiger partial charge in [0.2, 0.25) is 5.91 Å². The zero-order valence-corrected chi connectivity index (χ0v) is 9.56. The van der Waals surface area contributed by atoms with Crippen molar-refractivity contribution in [2.24, 2.45) is 0 Å². The van der Waals surface area contributed by atoms with Crippen LogP contribution in [0, 0.1) is 0 Å². The topological polar surface area (TPSA) is 29.1 Å². The van der Waals surface area contributed by atoms with Gasteiger partial charge in [-0.05, 0) is 19.9 Å². The second kappa shape index (κ2) is 6.00. The molecule has 0 bridgehead atoms. The summed E-state index contributed by atoms with van der Waals surface area (Å²) in [7, 11) is 4.15. The third-order valence-electron chi connectivity index (χ3n) is 2.24. The molecule has 0 atom stereocenters. The summed E-state index contributed by atoms with van der Waals surface area (Å²) in [6.45, 7) is 8.28. The Morgan fingerprint density at radius 3 is 2.31 bits per heavy atom. The second-order valence-electron chi connectivity index (χ2n) is 3.78. The number of hydrogen-bond acceptors (Lipinski definition) is 1. The van der Waals surface area contributed by atoms with Gasteiger partial charge in [-0.1, -0.05) is 6.58 Å². The largest absolute Gasteiger partial charge is 1.00 e. The van der Waals surface area contributed by atoms with Crippen LogP contribution in [0.5, 0.6) is 0 Å². The normalized spacial score (nSPS) is 10.5. The van der Waals surface area contributed by atoms with Crippen LogP contribution in [0.4, 0.5) is 0 Å². The van der Waals surface area contributed by atoms with Crippen molar-refractivity contribution in [1.29, 1.82) is 0 Å². The first-order valence-corrected chi connectivity index (χ1v) is 4.13. The van der Waals surface area contributed by atoms with Gasteiger partial charge in [-0.25, -0.2) is 0 Å². The molecule has 13 heavy (non-hydrogen) atoms. The minimum Gasteiger partial charge on any atom is -1.00 e. The molecule has 0 aromatic rings. The summed E-state index contributed by atoms with van der Waals surface area (Å²) in [5.74, 6) is -0.109. The van der Waals surface area contributed by atoms with Crippen molar-refractivity contribution in [3.8, 4) is 0 Å². The van der Waals surface area contributed by atoms with E-state index < -0.39 is 0 Å². The smallest absolute Gasteiger partial charge is 0.247 e. The van der Waals surface area contributed by atoms with Crippen molar-refractivity contribution in [3.63, 3.8) is 0 Å². The average molecular weight is 207 g/mol. The molecule has 1 amide bonds. The van der Waals surface area contributed by atoms with Crippen LogP contribution in [-0.4, -0.2) is 37.2 Å². The quantitative estimate of drug-likeness (QED) is 0.314. The van der Waals surface area contributed by atoms with E-state index in [1.54, 1.807) is 0 Å². The van der Waals surface area contributed by atoms with Gasteiger partial charge >= 0.3 is 0 Å². The maximum absolute atomic E-state index is 10.8. The van der Waals surface area contributed by atoms with Crippen molar-refractivity contribution < 1.29 is 21.7 Å². The fourth-order valence-corrected chi connectivity index (χ4v) is 0.536. The van der Waals surface area contributed by atoms with Gasteiger partial charge in [0.05, 0.1) is 20.1 Å². The summed E-state index contributed by atoms with van der Waals surface area (Å²) in [5, 5.41) is 2.77. The zero-order chi connectivity index (χ0) is 9.78. The Kier molecular flexibility index (Phi) is 6.90. The number of nitrogens with one attached hydrogen (secondary N) is 1. The first-order valence-electron chi connectivity index (χ1n) is 4.13.